The topological polar surface area (TPSA) is 37.4 Å². The molecule has 3 nitrogen and oxygen atoms in total. The molecule has 0 unspecified atom stereocenters. The highest BCUT2D eigenvalue weighted by atomic mass is 32.2. The van der Waals surface area contributed by atoms with Crippen LogP contribution in [0.2, 0.25) is 0 Å². The second kappa shape index (κ2) is 2.45. The van der Waals surface area contributed by atoms with Crippen molar-refractivity contribution >= 4 is 10.0 Å². The highest BCUT2D eigenvalue weighted by Gasteiger charge is 2.52. The van der Waals surface area contributed by atoms with Crippen LogP contribution in [0.5, 0.6) is 0 Å². The van der Waals surface area contributed by atoms with E-state index in [0.717, 1.165) is 32.2 Å². The van der Waals surface area contributed by atoms with Gasteiger partial charge in [-0.25, -0.2) is 8.42 Å². The summed E-state index contributed by atoms with van der Waals surface area (Å²) in [5, 5.41) is 0. The molecule has 0 aromatic carbocycles. The maximum atomic E-state index is 11.5. The van der Waals surface area contributed by atoms with Gasteiger partial charge in [0, 0.05) is 12.1 Å². The molecule has 0 atom stereocenters. The minimum atomic E-state index is -2.86. The van der Waals surface area contributed by atoms with E-state index >= 15 is 0 Å². The van der Waals surface area contributed by atoms with Gasteiger partial charge in [-0.05, 0) is 25.7 Å². The maximum Gasteiger partial charge on any atom is 0.214 e. The molecule has 1 heterocycles. The predicted octanol–water partition coefficient (Wildman–Crippen LogP) is 0.965. The maximum absolute atomic E-state index is 11.5. The van der Waals surface area contributed by atoms with E-state index in [4.69, 9.17) is 0 Å². The minimum absolute atomic E-state index is 0.0509. The lowest BCUT2D eigenvalue weighted by Gasteiger charge is -2.24. The van der Waals surface area contributed by atoms with Gasteiger partial charge in [0.15, 0.2) is 0 Å². The molecule has 1 aliphatic carbocycles. The highest BCUT2D eigenvalue weighted by Crippen LogP contribution is 2.47. The van der Waals surface area contributed by atoms with Crippen molar-refractivity contribution in [3.05, 3.63) is 0 Å². The molecule has 0 aromatic heterocycles. The first-order valence-corrected chi connectivity index (χ1v) is 6.22. The lowest BCUT2D eigenvalue weighted by molar-refractivity contribution is 0.312. The van der Waals surface area contributed by atoms with Gasteiger partial charge >= 0.3 is 0 Å². The van der Waals surface area contributed by atoms with E-state index in [1.807, 2.05) is 0 Å². The fourth-order valence-corrected chi connectivity index (χ4v) is 4.12. The van der Waals surface area contributed by atoms with Crippen molar-refractivity contribution in [3.63, 3.8) is 0 Å². The summed E-state index contributed by atoms with van der Waals surface area (Å²) in [6.45, 7) is 2.84. The van der Waals surface area contributed by atoms with Crippen LogP contribution in [0.1, 0.15) is 32.6 Å². The van der Waals surface area contributed by atoms with Crippen LogP contribution in [0.3, 0.4) is 0 Å². The average molecular weight is 189 g/mol. The summed E-state index contributed by atoms with van der Waals surface area (Å²) in [6, 6.07) is 0. The number of hydrogen-bond donors (Lipinski definition) is 0. The van der Waals surface area contributed by atoms with E-state index in [1.54, 1.807) is 4.31 Å². The van der Waals surface area contributed by atoms with Gasteiger partial charge < -0.3 is 0 Å². The van der Waals surface area contributed by atoms with Crippen LogP contribution in [0.25, 0.3) is 0 Å². The van der Waals surface area contributed by atoms with Crippen LogP contribution in [0.15, 0.2) is 0 Å². The first-order valence-electron chi connectivity index (χ1n) is 4.61. The second-order valence-corrected chi connectivity index (χ2v) is 5.83. The van der Waals surface area contributed by atoms with Crippen LogP contribution in [0.4, 0.5) is 0 Å². The molecule has 4 heteroatoms. The predicted molar refractivity (Wildman–Crippen MR) is 47.4 cm³/mol. The van der Waals surface area contributed by atoms with E-state index in [-0.39, 0.29) is 5.54 Å². The quantitative estimate of drug-likeness (QED) is 0.649. The van der Waals surface area contributed by atoms with Gasteiger partial charge in [0.2, 0.25) is 10.0 Å². The van der Waals surface area contributed by atoms with Crippen LogP contribution in [-0.4, -0.2) is 30.6 Å². The SMILES string of the molecule is CCC1(N2CCCS2(=O)=O)CC1. The molecule has 70 valence electrons. The van der Waals surface area contributed by atoms with Gasteiger partial charge in [0.25, 0.3) is 0 Å². The molecule has 0 bridgehead atoms. The van der Waals surface area contributed by atoms with Gasteiger partial charge in [0.1, 0.15) is 0 Å². The molecule has 0 aromatic rings. The van der Waals surface area contributed by atoms with Crippen molar-refractivity contribution in [3.8, 4) is 0 Å². The monoisotopic (exact) mass is 189 g/mol. The average Bonchev–Trinajstić information content (AvgIpc) is 2.72. The van der Waals surface area contributed by atoms with Crippen molar-refractivity contribution in [2.45, 2.75) is 38.1 Å². The van der Waals surface area contributed by atoms with Crippen LogP contribution < -0.4 is 0 Å². The van der Waals surface area contributed by atoms with Gasteiger partial charge in [-0.15, -0.1) is 0 Å². The third-order valence-corrected chi connectivity index (χ3v) is 5.16. The molecular formula is C8H15NO2S. The van der Waals surface area contributed by atoms with E-state index in [9.17, 15) is 8.42 Å². The molecule has 1 aliphatic heterocycles. The van der Waals surface area contributed by atoms with E-state index in [0.29, 0.717) is 5.75 Å². The van der Waals surface area contributed by atoms with Crippen LogP contribution >= 0.6 is 0 Å². The summed E-state index contributed by atoms with van der Waals surface area (Å²) in [4.78, 5) is 0. The molecule has 1 saturated heterocycles. The Balaban J connectivity index is 2.24. The fraction of sp³-hybridized carbons (Fsp3) is 1.00. The number of rotatable bonds is 2. The molecule has 0 N–H and O–H groups in total. The third kappa shape index (κ3) is 1.09. The van der Waals surface area contributed by atoms with Crippen LogP contribution in [0, 0.1) is 0 Å². The Morgan fingerprint density at radius 1 is 1.42 bits per heavy atom. The van der Waals surface area contributed by atoms with Gasteiger partial charge in [0.05, 0.1) is 5.75 Å². The Morgan fingerprint density at radius 2 is 2.08 bits per heavy atom. The van der Waals surface area contributed by atoms with Crippen molar-refractivity contribution < 1.29 is 8.42 Å². The normalized spacial score (nSPS) is 32.1. The molecule has 12 heavy (non-hydrogen) atoms. The van der Waals surface area contributed by atoms with Gasteiger partial charge in [-0.1, -0.05) is 6.92 Å². The minimum Gasteiger partial charge on any atom is -0.212 e. The molecule has 0 spiro atoms. The zero-order valence-electron chi connectivity index (χ0n) is 7.41. The van der Waals surface area contributed by atoms with E-state index in [1.165, 1.54) is 0 Å². The van der Waals surface area contributed by atoms with Crippen molar-refractivity contribution in [2.24, 2.45) is 0 Å². The first kappa shape index (κ1) is 8.51. The summed E-state index contributed by atoms with van der Waals surface area (Å²) in [5.74, 6) is 0.370. The Kier molecular flexibility index (Phi) is 1.74. The lowest BCUT2D eigenvalue weighted by Crippen LogP contribution is -2.38. The van der Waals surface area contributed by atoms with Crippen molar-refractivity contribution in [2.75, 3.05) is 12.3 Å². The third-order valence-electron chi connectivity index (χ3n) is 3.11. The van der Waals surface area contributed by atoms with E-state index in [2.05, 4.69) is 6.92 Å². The summed E-state index contributed by atoms with van der Waals surface area (Å²) in [7, 11) is -2.86. The number of sulfonamides is 1. The largest absolute Gasteiger partial charge is 0.214 e. The molecule has 0 radical (unpaired) electrons. The highest BCUT2D eigenvalue weighted by molar-refractivity contribution is 7.89. The molecule has 2 aliphatic rings. The molecule has 2 fully saturated rings. The van der Waals surface area contributed by atoms with Crippen molar-refractivity contribution in [1.29, 1.82) is 0 Å². The van der Waals surface area contributed by atoms with E-state index < -0.39 is 10.0 Å². The van der Waals surface area contributed by atoms with Gasteiger partial charge in [-0.2, -0.15) is 4.31 Å². The molecule has 2 rings (SSSR count). The summed E-state index contributed by atoms with van der Waals surface area (Å²) < 4.78 is 24.8. The zero-order valence-corrected chi connectivity index (χ0v) is 8.23. The molecular weight excluding hydrogens is 174 g/mol. The summed E-state index contributed by atoms with van der Waals surface area (Å²) in [6.07, 6.45) is 3.95. The lowest BCUT2D eigenvalue weighted by atomic mass is 10.2. The second-order valence-electron chi connectivity index (χ2n) is 3.82. The molecule has 1 saturated carbocycles. The summed E-state index contributed by atoms with van der Waals surface area (Å²) in [5.41, 5.74) is 0.0509. The summed E-state index contributed by atoms with van der Waals surface area (Å²) >= 11 is 0. The Hall–Kier alpha value is -0.0900. The van der Waals surface area contributed by atoms with Gasteiger partial charge in [-0.3, -0.25) is 0 Å². The fourth-order valence-electron chi connectivity index (χ4n) is 2.10. The zero-order chi connectivity index (χ0) is 8.82. The smallest absolute Gasteiger partial charge is 0.212 e. The van der Waals surface area contributed by atoms with Crippen LogP contribution in [-0.2, 0) is 10.0 Å². The number of nitrogens with zero attached hydrogens (tertiary/aromatic N) is 1. The first-order chi connectivity index (χ1) is 5.61. The number of hydrogen-bond acceptors (Lipinski definition) is 2. The van der Waals surface area contributed by atoms with Crippen molar-refractivity contribution in [1.82, 2.24) is 4.31 Å². The Morgan fingerprint density at radius 3 is 2.42 bits per heavy atom. The standard InChI is InChI=1S/C8H15NO2S/c1-2-8(4-5-8)9-6-3-7-12(9,10)11/h2-7H2,1H3. The Labute approximate surface area is 73.8 Å². The molecule has 0 amide bonds. The Bertz CT molecular complexity index is 279.